The van der Waals surface area contributed by atoms with Crippen LogP contribution in [-0.2, 0) is 19.1 Å². The molecule has 1 aliphatic rings. The number of rotatable bonds is 3. The second-order valence-electron chi connectivity index (χ2n) is 5.88. The van der Waals surface area contributed by atoms with Gasteiger partial charge in [-0.3, -0.25) is 9.78 Å². The highest BCUT2D eigenvalue weighted by Crippen LogP contribution is 2.33. The van der Waals surface area contributed by atoms with Crippen molar-refractivity contribution in [1.29, 1.82) is 0 Å². The molecule has 1 aromatic heterocycles. The molecule has 0 saturated carbocycles. The molecule has 1 aliphatic heterocycles. The van der Waals surface area contributed by atoms with E-state index in [2.05, 4.69) is 4.98 Å². The molecule has 1 amide bonds. The Balaban J connectivity index is 1.81. The maximum atomic E-state index is 12.6. The Kier molecular flexibility index (Phi) is 4.76. The van der Waals surface area contributed by atoms with Crippen LogP contribution in [0, 0.1) is 0 Å². The molecule has 1 aromatic carbocycles. The zero-order valence-electron chi connectivity index (χ0n) is 14.3. The topological polar surface area (TPSA) is 51.7 Å². The summed E-state index contributed by atoms with van der Waals surface area (Å²) in [5.41, 5.74) is 1.08. The molecule has 0 spiro atoms. The lowest BCUT2D eigenvalue weighted by atomic mass is 9.98. The Morgan fingerprint density at radius 1 is 1.12 bits per heavy atom. The van der Waals surface area contributed by atoms with E-state index in [-0.39, 0.29) is 11.5 Å². The molecule has 5 nitrogen and oxygen atoms in total. The van der Waals surface area contributed by atoms with Crippen molar-refractivity contribution in [3.05, 3.63) is 52.8 Å². The van der Waals surface area contributed by atoms with E-state index in [4.69, 9.17) is 9.47 Å². The van der Waals surface area contributed by atoms with Gasteiger partial charge in [0.25, 0.3) is 5.91 Å². The highest BCUT2D eigenvalue weighted by Gasteiger charge is 2.32. The Hall–Kier alpha value is -2.77. The highest BCUT2D eigenvalue weighted by molar-refractivity contribution is 5.94. The second kappa shape index (κ2) is 6.86. The summed E-state index contributed by atoms with van der Waals surface area (Å²) in [7, 11) is 3.09. The fraction of sp³-hybridized carbons (Fsp3) is 0.333. The van der Waals surface area contributed by atoms with Crippen LogP contribution < -0.4 is 9.47 Å². The van der Waals surface area contributed by atoms with Crippen molar-refractivity contribution < 1.29 is 27.4 Å². The minimum atomic E-state index is -4.53. The van der Waals surface area contributed by atoms with Gasteiger partial charge in [0.15, 0.2) is 11.5 Å². The van der Waals surface area contributed by atoms with Crippen molar-refractivity contribution in [2.75, 3.05) is 20.8 Å². The van der Waals surface area contributed by atoms with Crippen molar-refractivity contribution in [1.82, 2.24) is 9.88 Å². The van der Waals surface area contributed by atoms with Crippen LogP contribution in [-0.4, -0.2) is 36.6 Å². The molecular weight excluding hydrogens is 349 g/mol. The molecule has 26 heavy (non-hydrogen) atoms. The molecular formula is C18H17F3N2O3. The highest BCUT2D eigenvalue weighted by atomic mass is 19.4. The molecule has 0 N–H and O–H groups in total. The Morgan fingerprint density at radius 3 is 2.31 bits per heavy atom. The number of pyridine rings is 1. The number of fused-ring (bicyclic) bond motifs is 1. The van der Waals surface area contributed by atoms with E-state index in [0.29, 0.717) is 31.0 Å². The van der Waals surface area contributed by atoms with Gasteiger partial charge >= 0.3 is 6.18 Å². The molecule has 2 aromatic rings. The van der Waals surface area contributed by atoms with E-state index in [1.165, 1.54) is 7.11 Å². The third-order valence-corrected chi connectivity index (χ3v) is 4.31. The number of amides is 1. The van der Waals surface area contributed by atoms with E-state index in [9.17, 15) is 18.0 Å². The average molecular weight is 366 g/mol. The SMILES string of the molecule is COc1cc2c(cc1OC)CN(C(=O)c1ccc(C(F)(F)F)nc1)CC2. The Bertz CT molecular complexity index is 820. The molecule has 8 heteroatoms. The van der Waals surface area contributed by atoms with Crippen LogP contribution in [0.1, 0.15) is 27.2 Å². The van der Waals surface area contributed by atoms with Gasteiger partial charge < -0.3 is 14.4 Å². The van der Waals surface area contributed by atoms with Gasteiger partial charge in [-0.1, -0.05) is 0 Å². The van der Waals surface area contributed by atoms with Crippen molar-refractivity contribution in [2.45, 2.75) is 19.1 Å². The Morgan fingerprint density at radius 2 is 1.77 bits per heavy atom. The van der Waals surface area contributed by atoms with Crippen LogP contribution in [0.15, 0.2) is 30.5 Å². The van der Waals surface area contributed by atoms with Gasteiger partial charge in [-0.25, -0.2) is 0 Å². The van der Waals surface area contributed by atoms with Crippen molar-refractivity contribution in [2.24, 2.45) is 0 Å². The monoisotopic (exact) mass is 366 g/mol. The summed E-state index contributed by atoms with van der Waals surface area (Å²) in [5.74, 6) is 0.835. The summed E-state index contributed by atoms with van der Waals surface area (Å²) in [5, 5.41) is 0. The zero-order valence-corrected chi connectivity index (χ0v) is 14.3. The molecule has 0 saturated heterocycles. The van der Waals surface area contributed by atoms with E-state index in [0.717, 1.165) is 29.5 Å². The summed E-state index contributed by atoms with van der Waals surface area (Å²) < 4.78 is 48.3. The number of benzene rings is 1. The number of ether oxygens (including phenoxy) is 2. The van der Waals surface area contributed by atoms with E-state index < -0.39 is 11.9 Å². The van der Waals surface area contributed by atoms with Gasteiger partial charge in [-0.15, -0.1) is 0 Å². The molecule has 0 atom stereocenters. The Labute approximate surface area is 148 Å². The number of halogens is 3. The van der Waals surface area contributed by atoms with Crippen molar-refractivity contribution in [3.8, 4) is 11.5 Å². The van der Waals surface area contributed by atoms with E-state index in [1.54, 1.807) is 12.0 Å². The van der Waals surface area contributed by atoms with Gasteiger partial charge in [0.05, 0.1) is 19.8 Å². The first kappa shape index (κ1) is 18.0. The van der Waals surface area contributed by atoms with Crippen LogP contribution in [0.25, 0.3) is 0 Å². The average Bonchev–Trinajstić information content (AvgIpc) is 2.65. The van der Waals surface area contributed by atoms with Crippen LogP contribution in [0.4, 0.5) is 13.2 Å². The number of nitrogens with zero attached hydrogens (tertiary/aromatic N) is 2. The molecule has 138 valence electrons. The first-order valence-electron chi connectivity index (χ1n) is 7.89. The third kappa shape index (κ3) is 3.44. The maximum absolute atomic E-state index is 12.6. The molecule has 0 bridgehead atoms. The molecule has 0 fully saturated rings. The molecule has 2 heterocycles. The zero-order chi connectivity index (χ0) is 18.9. The normalized spacial score (nSPS) is 14.0. The smallest absolute Gasteiger partial charge is 0.433 e. The molecule has 0 aliphatic carbocycles. The molecule has 0 unspecified atom stereocenters. The molecule has 0 radical (unpaired) electrons. The molecule has 3 rings (SSSR count). The predicted molar refractivity (Wildman–Crippen MR) is 87.2 cm³/mol. The quantitative estimate of drug-likeness (QED) is 0.836. The van der Waals surface area contributed by atoms with Crippen LogP contribution in [0.5, 0.6) is 11.5 Å². The first-order valence-corrected chi connectivity index (χ1v) is 7.89. The maximum Gasteiger partial charge on any atom is 0.433 e. The second-order valence-corrected chi connectivity index (χ2v) is 5.88. The van der Waals surface area contributed by atoms with Crippen molar-refractivity contribution in [3.63, 3.8) is 0 Å². The minimum Gasteiger partial charge on any atom is -0.493 e. The summed E-state index contributed by atoms with van der Waals surface area (Å²) in [6.07, 6.45) is -2.94. The van der Waals surface area contributed by atoms with Crippen molar-refractivity contribution >= 4 is 5.91 Å². The third-order valence-electron chi connectivity index (χ3n) is 4.31. The fourth-order valence-corrected chi connectivity index (χ4v) is 2.93. The van der Waals surface area contributed by atoms with Gasteiger partial charge in [0, 0.05) is 19.3 Å². The number of hydrogen-bond acceptors (Lipinski definition) is 4. The van der Waals surface area contributed by atoms with Crippen LogP contribution >= 0.6 is 0 Å². The lowest BCUT2D eigenvalue weighted by molar-refractivity contribution is -0.141. The number of alkyl halides is 3. The number of carbonyl (C=O) groups excluding carboxylic acids is 1. The number of carbonyl (C=O) groups is 1. The van der Waals surface area contributed by atoms with Gasteiger partial charge in [-0.05, 0) is 41.8 Å². The number of aromatic nitrogens is 1. The van der Waals surface area contributed by atoms with Crippen LogP contribution in [0.2, 0.25) is 0 Å². The van der Waals surface area contributed by atoms with E-state index in [1.807, 2.05) is 12.1 Å². The van der Waals surface area contributed by atoms with Gasteiger partial charge in [0.1, 0.15) is 5.69 Å². The number of methoxy groups -OCH3 is 2. The lowest BCUT2D eigenvalue weighted by Crippen LogP contribution is -2.36. The predicted octanol–water partition coefficient (Wildman–Crippen LogP) is 3.32. The summed E-state index contributed by atoms with van der Waals surface area (Å²) in [6.45, 7) is 0.803. The lowest BCUT2D eigenvalue weighted by Gasteiger charge is -2.29. The minimum absolute atomic E-state index is 0.127. The van der Waals surface area contributed by atoms with Gasteiger partial charge in [-0.2, -0.15) is 13.2 Å². The summed E-state index contributed by atoms with van der Waals surface area (Å²) in [6, 6.07) is 5.68. The largest absolute Gasteiger partial charge is 0.493 e. The standard InChI is InChI=1S/C18H17F3N2O3/c1-25-14-7-11-5-6-23(10-13(11)8-15(14)26-2)17(24)12-3-4-16(22-9-12)18(19,20)21/h3-4,7-9H,5-6,10H2,1-2H3. The van der Waals surface area contributed by atoms with Crippen LogP contribution in [0.3, 0.4) is 0 Å². The summed E-state index contributed by atoms with van der Waals surface area (Å²) >= 11 is 0. The first-order chi connectivity index (χ1) is 12.3. The van der Waals surface area contributed by atoms with Gasteiger partial charge in [0.2, 0.25) is 0 Å². The van der Waals surface area contributed by atoms with E-state index >= 15 is 0 Å². The number of hydrogen-bond donors (Lipinski definition) is 0. The summed E-state index contributed by atoms with van der Waals surface area (Å²) in [4.78, 5) is 17.5. The fourth-order valence-electron chi connectivity index (χ4n) is 2.93.